The molecule has 12 heavy (non-hydrogen) atoms. The minimum Gasteiger partial charge on any atom is -0.292 e. The molecule has 1 aliphatic rings. The lowest BCUT2D eigenvalue weighted by Gasteiger charge is -2.06. The highest BCUT2D eigenvalue weighted by Crippen LogP contribution is 2.29. The Bertz CT molecular complexity index is 295. The van der Waals surface area contributed by atoms with Crippen molar-refractivity contribution in [2.24, 2.45) is 0 Å². The molecule has 2 nitrogen and oxygen atoms in total. The number of hydrogen-bond donors (Lipinski definition) is 0. The zero-order valence-corrected chi connectivity index (χ0v) is 8.43. The van der Waals surface area contributed by atoms with Crippen molar-refractivity contribution in [2.75, 3.05) is 5.75 Å². The molecule has 0 fully saturated rings. The standard InChI is InChI=1S/C8H9NOS2/c1-5(10)8-9-6-2-3-11-4-7(6)12-8/h2-4H2,1H3. The van der Waals surface area contributed by atoms with E-state index in [9.17, 15) is 4.79 Å². The number of hydrogen-bond acceptors (Lipinski definition) is 4. The van der Waals surface area contributed by atoms with Crippen LogP contribution < -0.4 is 0 Å². The number of thiazole rings is 1. The maximum Gasteiger partial charge on any atom is 0.188 e. The van der Waals surface area contributed by atoms with E-state index in [1.165, 1.54) is 4.88 Å². The van der Waals surface area contributed by atoms with E-state index in [-0.39, 0.29) is 5.78 Å². The molecule has 1 aromatic heterocycles. The molecule has 0 aromatic carbocycles. The van der Waals surface area contributed by atoms with Crippen LogP contribution in [-0.4, -0.2) is 16.5 Å². The van der Waals surface area contributed by atoms with E-state index in [4.69, 9.17) is 0 Å². The molecule has 0 saturated carbocycles. The summed E-state index contributed by atoms with van der Waals surface area (Å²) < 4.78 is 0. The van der Waals surface area contributed by atoms with Gasteiger partial charge in [-0.05, 0) is 12.2 Å². The van der Waals surface area contributed by atoms with Crippen molar-refractivity contribution in [3.05, 3.63) is 15.6 Å². The van der Waals surface area contributed by atoms with E-state index < -0.39 is 0 Å². The molecule has 0 amide bonds. The van der Waals surface area contributed by atoms with Gasteiger partial charge in [-0.15, -0.1) is 11.3 Å². The first kappa shape index (κ1) is 8.26. The average Bonchev–Trinajstić information content (AvgIpc) is 2.46. The Hall–Kier alpha value is -0.350. The molecular formula is C8H9NOS2. The summed E-state index contributed by atoms with van der Waals surface area (Å²) in [6.07, 6.45) is 1.03. The van der Waals surface area contributed by atoms with E-state index in [0.717, 1.165) is 23.6 Å². The third kappa shape index (κ3) is 1.41. The molecule has 0 saturated heterocycles. The smallest absolute Gasteiger partial charge is 0.188 e. The summed E-state index contributed by atoms with van der Waals surface area (Å²) in [6, 6.07) is 0. The molecule has 0 radical (unpaired) electrons. The van der Waals surface area contributed by atoms with Gasteiger partial charge in [0.1, 0.15) is 0 Å². The van der Waals surface area contributed by atoms with Gasteiger partial charge < -0.3 is 0 Å². The normalized spacial score (nSPS) is 15.8. The van der Waals surface area contributed by atoms with Crippen LogP contribution in [0.1, 0.15) is 27.3 Å². The highest BCUT2D eigenvalue weighted by Gasteiger charge is 2.16. The first-order valence-corrected chi connectivity index (χ1v) is 5.82. The predicted molar refractivity (Wildman–Crippen MR) is 52.0 cm³/mol. The Kier molecular flexibility index (Phi) is 2.19. The van der Waals surface area contributed by atoms with Gasteiger partial charge in [-0.2, -0.15) is 11.8 Å². The summed E-state index contributed by atoms with van der Waals surface area (Å²) in [6.45, 7) is 1.58. The quantitative estimate of drug-likeness (QED) is 0.649. The molecule has 1 aromatic rings. The van der Waals surface area contributed by atoms with E-state index in [2.05, 4.69) is 4.98 Å². The second-order valence-electron chi connectivity index (χ2n) is 2.75. The number of nitrogens with zero attached hydrogens (tertiary/aromatic N) is 1. The van der Waals surface area contributed by atoms with Crippen LogP contribution in [-0.2, 0) is 12.2 Å². The van der Waals surface area contributed by atoms with Crippen molar-refractivity contribution in [2.45, 2.75) is 19.1 Å². The Labute approximate surface area is 79.4 Å². The molecule has 0 aliphatic carbocycles. The first-order chi connectivity index (χ1) is 5.77. The summed E-state index contributed by atoms with van der Waals surface area (Å²) in [4.78, 5) is 16.6. The fourth-order valence-electron chi connectivity index (χ4n) is 1.18. The number of fused-ring (bicyclic) bond motifs is 1. The molecule has 0 unspecified atom stereocenters. The molecule has 2 rings (SSSR count). The van der Waals surface area contributed by atoms with Gasteiger partial charge in [-0.25, -0.2) is 4.98 Å². The number of ketones is 1. The van der Waals surface area contributed by atoms with E-state index in [0.29, 0.717) is 5.01 Å². The van der Waals surface area contributed by atoms with Crippen LogP contribution in [0.25, 0.3) is 0 Å². The molecular weight excluding hydrogens is 190 g/mol. The van der Waals surface area contributed by atoms with Gasteiger partial charge in [0.05, 0.1) is 5.69 Å². The Morgan fingerprint density at radius 2 is 2.42 bits per heavy atom. The Balaban J connectivity index is 2.38. The van der Waals surface area contributed by atoms with Crippen LogP contribution in [0.2, 0.25) is 0 Å². The highest BCUT2D eigenvalue weighted by atomic mass is 32.2. The number of carbonyl (C=O) groups excluding carboxylic acids is 1. The van der Waals surface area contributed by atoms with E-state index in [1.54, 1.807) is 18.3 Å². The summed E-state index contributed by atoms with van der Waals surface area (Å²) in [5, 5.41) is 0.683. The fraction of sp³-hybridized carbons (Fsp3) is 0.500. The van der Waals surface area contributed by atoms with Crippen molar-refractivity contribution >= 4 is 28.9 Å². The van der Waals surface area contributed by atoms with Crippen LogP contribution in [0.4, 0.5) is 0 Å². The average molecular weight is 199 g/mol. The summed E-state index contributed by atoms with van der Waals surface area (Å²) in [5.74, 6) is 2.29. The molecule has 4 heteroatoms. The second kappa shape index (κ2) is 3.18. The predicted octanol–water partition coefficient (Wildman–Crippen LogP) is 2.13. The lowest BCUT2D eigenvalue weighted by atomic mass is 10.3. The largest absolute Gasteiger partial charge is 0.292 e. The first-order valence-electron chi connectivity index (χ1n) is 3.84. The number of carbonyl (C=O) groups is 1. The highest BCUT2D eigenvalue weighted by molar-refractivity contribution is 7.98. The Morgan fingerprint density at radius 1 is 1.58 bits per heavy atom. The maximum atomic E-state index is 11.0. The van der Waals surface area contributed by atoms with Gasteiger partial charge in [-0.3, -0.25) is 4.79 Å². The van der Waals surface area contributed by atoms with Crippen molar-refractivity contribution < 1.29 is 4.79 Å². The number of rotatable bonds is 1. The summed E-state index contributed by atoms with van der Waals surface area (Å²) >= 11 is 3.48. The lowest BCUT2D eigenvalue weighted by Crippen LogP contribution is -1.99. The molecule has 0 atom stereocenters. The molecule has 1 aliphatic heterocycles. The molecule has 2 heterocycles. The zero-order valence-electron chi connectivity index (χ0n) is 6.79. The topological polar surface area (TPSA) is 30.0 Å². The van der Waals surface area contributed by atoms with Gasteiger partial charge in [0.25, 0.3) is 0 Å². The monoisotopic (exact) mass is 199 g/mol. The minimum absolute atomic E-state index is 0.0967. The molecule has 0 N–H and O–H groups in total. The third-order valence-corrected chi connectivity index (χ3v) is 4.16. The van der Waals surface area contributed by atoms with Gasteiger partial charge in [0, 0.05) is 17.6 Å². The summed E-state index contributed by atoms with van der Waals surface area (Å²) in [5.41, 5.74) is 1.16. The Morgan fingerprint density at radius 3 is 3.08 bits per heavy atom. The number of aromatic nitrogens is 1. The maximum absolute atomic E-state index is 11.0. The molecule has 64 valence electrons. The van der Waals surface area contributed by atoms with E-state index in [1.807, 2.05) is 11.8 Å². The second-order valence-corrected chi connectivity index (χ2v) is 4.94. The van der Waals surface area contributed by atoms with Crippen molar-refractivity contribution in [3.63, 3.8) is 0 Å². The number of Topliss-reactive ketones (excluding diaryl/α,β-unsaturated/α-hetero) is 1. The van der Waals surface area contributed by atoms with Gasteiger partial charge in [-0.1, -0.05) is 0 Å². The van der Waals surface area contributed by atoms with Gasteiger partial charge in [0.2, 0.25) is 0 Å². The zero-order chi connectivity index (χ0) is 8.55. The minimum atomic E-state index is 0.0967. The van der Waals surface area contributed by atoms with Crippen LogP contribution in [0, 0.1) is 0 Å². The van der Waals surface area contributed by atoms with Crippen molar-refractivity contribution in [1.29, 1.82) is 0 Å². The van der Waals surface area contributed by atoms with Crippen LogP contribution in [0.15, 0.2) is 0 Å². The van der Waals surface area contributed by atoms with Crippen molar-refractivity contribution in [1.82, 2.24) is 4.98 Å². The van der Waals surface area contributed by atoms with Gasteiger partial charge in [0.15, 0.2) is 10.8 Å². The fourth-order valence-corrected chi connectivity index (χ4v) is 3.29. The SMILES string of the molecule is CC(=O)c1nc2c(s1)CSCC2. The van der Waals surface area contributed by atoms with Crippen molar-refractivity contribution in [3.8, 4) is 0 Å². The van der Waals surface area contributed by atoms with Gasteiger partial charge >= 0.3 is 0 Å². The third-order valence-electron chi connectivity index (χ3n) is 1.80. The number of thioether (sulfide) groups is 1. The lowest BCUT2D eigenvalue weighted by molar-refractivity contribution is 0.101. The number of aryl methyl sites for hydroxylation is 1. The van der Waals surface area contributed by atoms with Crippen LogP contribution in [0.5, 0.6) is 0 Å². The van der Waals surface area contributed by atoms with E-state index >= 15 is 0 Å². The molecule has 0 spiro atoms. The summed E-state index contributed by atoms with van der Waals surface area (Å²) in [7, 11) is 0. The molecule has 0 bridgehead atoms. The van der Waals surface area contributed by atoms with Crippen LogP contribution >= 0.6 is 23.1 Å². The van der Waals surface area contributed by atoms with Crippen LogP contribution in [0.3, 0.4) is 0 Å².